The average Bonchev–Trinajstić information content (AvgIpc) is 3.17. The number of amidine groups is 2. The first-order chi connectivity index (χ1) is 15.8. The number of nitrogen functional groups attached to an aromatic ring is 1. The van der Waals surface area contributed by atoms with Crippen LogP contribution in [-0.4, -0.2) is 28.7 Å². The third-order valence-corrected chi connectivity index (χ3v) is 6.81. The Morgan fingerprint density at radius 3 is 2.48 bits per heavy atom. The number of hydrogen-bond acceptors (Lipinski definition) is 3. The molecule has 2 aromatic carbocycles. The van der Waals surface area contributed by atoms with Crippen LogP contribution in [-0.2, 0) is 6.54 Å². The van der Waals surface area contributed by atoms with Gasteiger partial charge in [-0.05, 0) is 67.9 Å². The Bertz CT molecular complexity index is 1200. The maximum atomic E-state index is 13.3. The highest BCUT2D eigenvalue weighted by molar-refractivity contribution is 5.99. The average molecular weight is 445 g/mol. The predicted octanol–water partition coefficient (Wildman–Crippen LogP) is 3.75. The van der Waals surface area contributed by atoms with Gasteiger partial charge in [-0.25, -0.2) is 0 Å². The summed E-state index contributed by atoms with van der Waals surface area (Å²) >= 11 is 0. The summed E-state index contributed by atoms with van der Waals surface area (Å²) in [5.74, 6) is 0.834. The number of nitrogens with one attached hydrogen (secondary N) is 3. The van der Waals surface area contributed by atoms with E-state index in [1.165, 1.54) is 0 Å². The zero-order valence-corrected chi connectivity index (χ0v) is 19.0. The smallest absolute Gasteiger partial charge is 0.267 e. The van der Waals surface area contributed by atoms with Crippen molar-refractivity contribution in [3.05, 3.63) is 70.9 Å². The molecule has 7 N–H and O–H groups in total. The molecule has 33 heavy (non-hydrogen) atoms. The van der Waals surface area contributed by atoms with Gasteiger partial charge in [-0.1, -0.05) is 30.3 Å². The number of amides is 1. The predicted molar refractivity (Wildman–Crippen MR) is 133 cm³/mol. The van der Waals surface area contributed by atoms with Crippen LogP contribution in [0.1, 0.15) is 52.9 Å². The molecule has 0 radical (unpaired) electrons. The number of carbonyl (C=O) groups is 1. The minimum absolute atomic E-state index is 0.0301. The number of aryl methyl sites for hydroxylation is 1. The van der Waals surface area contributed by atoms with E-state index >= 15 is 0 Å². The Morgan fingerprint density at radius 2 is 1.79 bits per heavy atom. The Hall–Kier alpha value is -3.61. The lowest BCUT2D eigenvalue weighted by Crippen LogP contribution is -2.34. The van der Waals surface area contributed by atoms with E-state index in [2.05, 4.69) is 18.3 Å². The van der Waals surface area contributed by atoms with Crippen LogP contribution in [0, 0.1) is 29.6 Å². The molecule has 7 nitrogen and oxygen atoms in total. The van der Waals surface area contributed by atoms with Crippen LogP contribution in [0.15, 0.2) is 48.5 Å². The van der Waals surface area contributed by atoms with Gasteiger partial charge in [-0.3, -0.25) is 15.6 Å². The van der Waals surface area contributed by atoms with Crippen LogP contribution in [0.3, 0.4) is 0 Å². The first kappa shape index (κ1) is 22.6. The topological polar surface area (TPSA) is 134 Å². The zero-order chi connectivity index (χ0) is 23.5. The number of rotatable bonds is 7. The number of carbonyl (C=O) groups excluding carboxylic acids is 1. The molecule has 1 aliphatic rings. The normalized spacial score (nSPS) is 18.2. The van der Waals surface area contributed by atoms with Crippen molar-refractivity contribution >= 4 is 28.5 Å². The molecule has 1 aromatic heterocycles. The summed E-state index contributed by atoms with van der Waals surface area (Å²) in [5, 5.41) is 19.6. The molecule has 0 aliphatic heterocycles. The van der Waals surface area contributed by atoms with Crippen molar-refractivity contribution in [1.29, 1.82) is 10.8 Å². The van der Waals surface area contributed by atoms with E-state index < -0.39 is 0 Å². The van der Waals surface area contributed by atoms with Gasteiger partial charge >= 0.3 is 0 Å². The fourth-order valence-corrected chi connectivity index (χ4v) is 4.82. The summed E-state index contributed by atoms with van der Waals surface area (Å²) in [7, 11) is 0. The molecular weight excluding hydrogens is 412 g/mol. The lowest BCUT2D eigenvalue weighted by Gasteiger charge is -2.27. The third-order valence-electron chi connectivity index (χ3n) is 6.81. The molecule has 0 unspecified atom stereocenters. The minimum Gasteiger partial charge on any atom is -0.387 e. The van der Waals surface area contributed by atoms with Crippen molar-refractivity contribution < 1.29 is 4.79 Å². The van der Waals surface area contributed by atoms with Crippen molar-refractivity contribution in [3.63, 3.8) is 0 Å². The number of nitrogens with two attached hydrogens (primary N) is 2. The lowest BCUT2D eigenvalue weighted by molar-refractivity contribution is 0.0934. The van der Waals surface area contributed by atoms with E-state index in [9.17, 15) is 4.79 Å². The quantitative estimate of drug-likeness (QED) is 0.281. The first-order valence-corrected chi connectivity index (χ1v) is 11.5. The zero-order valence-electron chi connectivity index (χ0n) is 19.0. The number of hydrogen-bond donors (Lipinski definition) is 5. The third kappa shape index (κ3) is 4.92. The maximum Gasteiger partial charge on any atom is 0.267 e. The maximum absolute atomic E-state index is 13.3. The van der Waals surface area contributed by atoms with E-state index in [1.807, 2.05) is 47.0 Å². The van der Waals surface area contributed by atoms with Gasteiger partial charge < -0.3 is 21.4 Å². The van der Waals surface area contributed by atoms with E-state index in [0.717, 1.165) is 47.7 Å². The summed E-state index contributed by atoms with van der Waals surface area (Å²) in [6, 6.07) is 15.7. The first-order valence-electron chi connectivity index (χ1n) is 11.5. The second kappa shape index (κ2) is 9.48. The Morgan fingerprint density at radius 1 is 1.06 bits per heavy atom. The molecule has 1 amide bonds. The van der Waals surface area contributed by atoms with Crippen LogP contribution in [0.25, 0.3) is 10.9 Å². The van der Waals surface area contributed by atoms with Crippen LogP contribution in [0.4, 0.5) is 0 Å². The van der Waals surface area contributed by atoms with E-state index in [1.54, 1.807) is 0 Å². The van der Waals surface area contributed by atoms with Gasteiger partial charge in [0.15, 0.2) is 0 Å². The van der Waals surface area contributed by atoms with Crippen molar-refractivity contribution in [3.8, 4) is 0 Å². The summed E-state index contributed by atoms with van der Waals surface area (Å²) in [6.07, 6.45) is 3.79. The second-order valence-electron chi connectivity index (χ2n) is 9.12. The highest BCUT2D eigenvalue weighted by Gasteiger charge is 2.24. The van der Waals surface area contributed by atoms with Crippen molar-refractivity contribution in [1.82, 2.24) is 9.88 Å². The molecule has 1 fully saturated rings. The number of fused-ring (bicyclic) bond motifs is 1. The van der Waals surface area contributed by atoms with Crippen LogP contribution >= 0.6 is 0 Å². The van der Waals surface area contributed by atoms with Crippen LogP contribution < -0.4 is 16.8 Å². The molecule has 1 saturated carbocycles. The molecule has 172 valence electrons. The fraction of sp³-hybridized carbons (Fsp3) is 0.346. The Balaban J connectivity index is 1.56. The fourth-order valence-electron chi connectivity index (χ4n) is 4.82. The summed E-state index contributed by atoms with van der Waals surface area (Å²) in [6.45, 7) is 3.20. The minimum atomic E-state index is -0.0815. The molecule has 0 saturated heterocycles. The van der Waals surface area contributed by atoms with Crippen LogP contribution in [0.5, 0.6) is 0 Å². The molecule has 7 heteroatoms. The highest BCUT2D eigenvalue weighted by atomic mass is 16.1. The number of nitrogens with zero attached hydrogens (tertiary/aromatic N) is 1. The number of benzene rings is 2. The van der Waals surface area contributed by atoms with E-state index in [4.69, 9.17) is 22.3 Å². The number of aromatic nitrogens is 1. The molecule has 3 aromatic rings. The summed E-state index contributed by atoms with van der Waals surface area (Å²) in [5.41, 5.74) is 15.8. The largest absolute Gasteiger partial charge is 0.387 e. The van der Waals surface area contributed by atoms with Gasteiger partial charge in [0.2, 0.25) is 0 Å². The Kier molecular flexibility index (Phi) is 6.49. The summed E-state index contributed by atoms with van der Waals surface area (Å²) < 4.78 is 2.05. The molecule has 1 aliphatic carbocycles. The summed E-state index contributed by atoms with van der Waals surface area (Å²) in [4.78, 5) is 13.3. The van der Waals surface area contributed by atoms with Crippen molar-refractivity contribution in [2.45, 2.75) is 39.2 Å². The van der Waals surface area contributed by atoms with Gasteiger partial charge in [0.1, 0.15) is 11.5 Å². The van der Waals surface area contributed by atoms with Crippen molar-refractivity contribution in [2.75, 3.05) is 6.54 Å². The van der Waals surface area contributed by atoms with Gasteiger partial charge in [0, 0.05) is 35.5 Å². The SMILES string of the molecule is Cc1cccc2c1cc(C(=O)NCC1CCC(C(=N)N)CC1)n2Cc1cccc(C(=N)N)c1. The molecule has 4 rings (SSSR count). The van der Waals surface area contributed by atoms with Crippen LogP contribution in [0.2, 0.25) is 0 Å². The van der Waals surface area contributed by atoms with Crippen molar-refractivity contribution in [2.24, 2.45) is 23.3 Å². The Labute approximate surface area is 194 Å². The molecule has 1 heterocycles. The monoisotopic (exact) mass is 444 g/mol. The van der Waals surface area contributed by atoms with Gasteiger partial charge in [-0.15, -0.1) is 0 Å². The van der Waals surface area contributed by atoms with E-state index in [-0.39, 0.29) is 23.5 Å². The van der Waals surface area contributed by atoms with Gasteiger partial charge in [-0.2, -0.15) is 0 Å². The molecule has 0 atom stereocenters. The van der Waals surface area contributed by atoms with E-state index in [0.29, 0.717) is 30.3 Å². The highest BCUT2D eigenvalue weighted by Crippen LogP contribution is 2.29. The second-order valence-corrected chi connectivity index (χ2v) is 9.12. The molecular formula is C26H32N6O. The molecule has 0 spiro atoms. The van der Waals surface area contributed by atoms with Gasteiger partial charge in [0.25, 0.3) is 5.91 Å². The lowest BCUT2D eigenvalue weighted by atomic mass is 9.81. The molecule has 0 bridgehead atoms. The van der Waals surface area contributed by atoms with Gasteiger partial charge in [0.05, 0.1) is 5.84 Å². The standard InChI is InChI=1S/C26H32N6O/c1-16-4-2-7-22-21(16)13-23(32(22)15-18-5-3-6-20(12-18)25(29)30)26(33)31-14-17-8-10-19(11-9-17)24(27)28/h2-7,12-13,17,19H,8-11,14-15H2,1H3,(H3,27,28)(H3,29,30)(H,31,33).